The second-order valence-electron chi connectivity index (χ2n) is 4.40. The van der Waals surface area contributed by atoms with E-state index in [-0.39, 0.29) is 12.5 Å². The average Bonchev–Trinajstić information content (AvgIpc) is 2.33. The van der Waals surface area contributed by atoms with Crippen LogP contribution < -0.4 is 5.32 Å². The van der Waals surface area contributed by atoms with Gasteiger partial charge in [0.15, 0.2) is 0 Å². The third-order valence-electron chi connectivity index (χ3n) is 2.89. The number of carbonyl (C=O) groups excluding carboxylic acids is 1. The Morgan fingerprint density at radius 2 is 1.94 bits per heavy atom. The van der Waals surface area contributed by atoms with Crippen LogP contribution in [0, 0.1) is 0 Å². The lowest BCUT2D eigenvalue weighted by Crippen LogP contribution is -2.29. The van der Waals surface area contributed by atoms with E-state index in [1.807, 2.05) is 0 Å². The molecule has 98 valence electrons. The first-order valence-electron chi connectivity index (χ1n) is 6.28. The van der Waals surface area contributed by atoms with Crippen molar-refractivity contribution in [2.24, 2.45) is 0 Å². The summed E-state index contributed by atoms with van der Waals surface area (Å²) in [5.74, 6) is -1.24. The first-order chi connectivity index (χ1) is 8.18. The fraction of sp³-hybridized carbons (Fsp3) is 0.833. The van der Waals surface area contributed by atoms with E-state index >= 15 is 0 Å². The molecule has 5 nitrogen and oxygen atoms in total. The van der Waals surface area contributed by atoms with Gasteiger partial charge >= 0.3 is 5.97 Å². The number of carboxylic acids is 1. The lowest BCUT2D eigenvalue weighted by molar-refractivity contribution is -0.138. The van der Waals surface area contributed by atoms with Crippen LogP contribution in [-0.4, -0.2) is 36.2 Å². The number of amides is 1. The van der Waals surface area contributed by atoms with Gasteiger partial charge in [0, 0.05) is 13.0 Å². The molecule has 0 spiro atoms. The molecule has 0 aromatic heterocycles. The molecular formula is C12H21NO4. The molecule has 0 bridgehead atoms. The summed E-state index contributed by atoms with van der Waals surface area (Å²) in [6.07, 6.45) is 7.40. The van der Waals surface area contributed by atoms with Crippen molar-refractivity contribution < 1.29 is 19.4 Å². The number of ether oxygens (including phenoxy) is 1. The Balaban J connectivity index is 1.95. The van der Waals surface area contributed by atoms with Crippen molar-refractivity contribution in [2.75, 3.05) is 13.2 Å². The van der Waals surface area contributed by atoms with E-state index in [1.165, 1.54) is 19.3 Å². The molecule has 0 aromatic carbocycles. The van der Waals surface area contributed by atoms with Gasteiger partial charge in [-0.2, -0.15) is 0 Å². The molecule has 0 radical (unpaired) electrons. The molecule has 5 heteroatoms. The smallest absolute Gasteiger partial charge is 0.322 e. The molecule has 0 aliphatic heterocycles. The van der Waals surface area contributed by atoms with Crippen LogP contribution in [0.5, 0.6) is 0 Å². The molecule has 2 N–H and O–H groups in total. The van der Waals surface area contributed by atoms with Crippen molar-refractivity contribution in [3.63, 3.8) is 0 Å². The highest BCUT2D eigenvalue weighted by molar-refractivity contribution is 5.80. The minimum Gasteiger partial charge on any atom is -0.480 e. The molecule has 1 amide bonds. The first kappa shape index (κ1) is 14.0. The van der Waals surface area contributed by atoms with E-state index in [2.05, 4.69) is 5.32 Å². The summed E-state index contributed by atoms with van der Waals surface area (Å²) in [5.41, 5.74) is 0. The van der Waals surface area contributed by atoms with Crippen molar-refractivity contribution >= 4 is 11.9 Å². The van der Waals surface area contributed by atoms with Gasteiger partial charge in [-0.1, -0.05) is 19.3 Å². The summed E-state index contributed by atoms with van der Waals surface area (Å²) in [5, 5.41) is 10.7. The quantitative estimate of drug-likeness (QED) is 0.661. The molecule has 0 unspecified atom stereocenters. The summed E-state index contributed by atoms with van der Waals surface area (Å²) < 4.78 is 5.66. The van der Waals surface area contributed by atoms with Crippen molar-refractivity contribution in [1.29, 1.82) is 0 Å². The molecule has 0 saturated heterocycles. The summed E-state index contributed by atoms with van der Waals surface area (Å²) in [7, 11) is 0. The lowest BCUT2D eigenvalue weighted by Gasteiger charge is -2.21. The van der Waals surface area contributed by atoms with Crippen LogP contribution in [0.15, 0.2) is 0 Å². The van der Waals surface area contributed by atoms with Gasteiger partial charge in [0.1, 0.15) is 6.54 Å². The largest absolute Gasteiger partial charge is 0.480 e. The van der Waals surface area contributed by atoms with E-state index in [1.54, 1.807) is 0 Å². The lowest BCUT2D eigenvalue weighted by atomic mass is 9.98. The maximum atomic E-state index is 11.2. The maximum Gasteiger partial charge on any atom is 0.322 e. The third-order valence-corrected chi connectivity index (χ3v) is 2.89. The Morgan fingerprint density at radius 3 is 2.59 bits per heavy atom. The molecule has 1 aliphatic carbocycles. The summed E-state index contributed by atoms with van der Waals surface area (Å²) in [6.45, 7) is 0.285. The number of carboxylic acid groups (broad SMARTS) is 1. The Bertz CT molecular complexity index is 249. The van der Waals surface area contributed by atoms with E-state index in [9.17, 15) is 9.59 Å². The molecule has 0 heterocycles. The van der Waals surface area contributed by atoms with Crippen molar-refractivity contribution in [3.05, 3.63) is 0 Å². The first-order valence-corrected chi connectivity index (χ1v) is 6.28. The van der Waals surface area contributed by atoms with Crippen LogP contribution >= 0.6 is 0 Å². The standard InChI is InChI=1S/C12H21NO4/c14-11(13-9-12(15)16)7-4-8-17-10-5-2-1-3-6-10/h10H,1-9H2,(H,13,14)(H,15,16). The molecule has 0 atom stereocenters. The zero-order valence-electron chi connectivity index (χ0n) is 10.1. The monoisotopic (exact) mass is 243 g/mol. The fourth-order valence-electron chi connectivity index (χ4n) is 1.98. The van der Waals surface area contributed by atoms with Crippen molar-refractivity contribution in [2.45, 2.75) is 51.0 Å². The van der Waals surface area contributed by atoms with Crippen LogP contribution in [0.25, 0.3) is 0 Å². The van der Waals surface area contributed by atoms with Gasteiger partial charge < -0.3 is 15.2 Å². The highest BCUT2D eigenvalue weighted by atomic mass is 16.5. The molecule has 17 heavy (non-hydrogen) atoms. The highest BCUT2D eigenvalue weighted by Crippen LogP contribution is 2.20. The van der Waals surface area contributed by atoms with E-state index in [0.717, 1.165) is 12.8 Å². The second-order valence-corrected chi connectivity index (χ2v) is 4.40. The molecular weight excluding hydrogens is 222 g/mol. The average molecular weight is 243 g/mol. The molecule has 1 saturated carbocycles. The zero-order valence-corrected chi connectivity index (χ0v) is 10.1. The number of nitrogens with one attached hydrogen (secondary N) is 1. The third kappa shape index (κ3) is 6.94. The summed E-state index contributed by atoms with van der Waals surface area (Å²) in [6, 6.07) is 0. The second kappa shape index (κ2) is 8.06. The highest BCUT2D eigenvalue weighted by Gasteiger charge is 2.13. The van der Waals surface area contributed by atoms with Crippen LogP contribution in [0.2, 0.25) is 0 Å². The van der Waals surface area contributed by atoms with Gasteiger partial charge in [-0.15, -0.1) is 0 Å². The Kier molecular flexibility index (Phi) is 6.62. The number of hydrogen-bond acceptors (Lipinski definition) is 3. The van der Waals surface area contributed by atoms with E-state index in [4.69, 9.17) is 9.84 Å². The molecule has 1 fully saturated rings. The number of aliphatic carboxylic acids is 1. The SMILES string of the molecule is O=C(O)CNC(=O)CCCOC1CCCCC1. The molecule has 1 aliphatic rings. The Hall–Kier alpha value is -1.10. The van der Waals surface area contributed by atoms with Gasteiger partial charge in [0.2, 0.25) is 5.91 Å². The van der Waals surface area contributed by atoms with Gasteiger partial charge in [-0.3, -0.25) is 9.59 Å². The van der Waals surface area contributed by atoms with Crippen LogP contribution in [0.4, 0.5) is 0 Å². The number of carbonyl (C=O) groups is 2. The van der Waals surface area contributed by atoms with Gasteiger partial charge in [0.05, 0.1) is 6.10 Å². The number of hydrogen-bond donors (Lipinski definition) is 2. The Morgan fingerprint density at radius 1 is 1.24 bits per heavy atom. The van der Waals surface area contributed by atoms with Crippen LogP contribution in [0.3, 0.4) is 0 Å². The predicted molar refractivity (Wildman–Crippen MR) is 62.7 cm³/mol. The predicted octanol–water partition coefficient (Wildman–Crippen LogP) is 1.32. The minimum atomic E-state index is -1.02. The van der Waals surface area contributed by atoms with Crippen molar-refractivity contribution in [3.8, 4) is 0 Å². The van der Waals surface area contributed by atoms with Crippen LogP contribution in [0.1, 0.15) is 44.9 Å². The van der Waals surface area contributed by atoms with Gasteiger partial charge in [-0.05, 0) is 19.3 Å². The number of rotatable bonds is 7. The van der Waals surface area contributed by atoms with Gasteiger partial charge in [0.25, 0.3) is 0 Å². The maximum absolute atomic E-state index is 11.2. The fourth-order valence-corrected chi connectivity index (χ4v) is 1.98. The van der Waals surface area contributed by atoms with E-state index in [0.29, 0.717) is 25.6 Å². The van der Waals surface area contributed by atoms with Gasteiger partial charge in [-0.25, -0.2) is 0 Å². The normalized spacial score (nSPS) is 16.7. The minimum absolute atomic E-state index is 0.223. The topological polar surface area (TPSA) is 75.6 Å². The molecule has 1 rings (SSSR count). The summed E-state index contributed by atoms with van der Waals surface area (Å²) in [4.78, 5) is 21.4. The van der Waals surface area contributed by atoms with Crippen LogP contribution in [-0.2, 0) is 14.3 Å². The molecule has 0 aromatic rings. The Labute approximate surface area is 102 Å². The van der Waals surface area contributed by atoms with Crippen molar-refractivity contribution in [1.82, 2.24) is 5.32 Å². The zero-order chi connectivity index (χ0) is 12.5. The summed E-state index contributed by atoms with van der Waals surface area (Å²) >= 11 is 0. The van der Waals surface area contributed by atoms with E-state index < -0.39 is 5.97 Å².